The van der Waals surface area contributed by atoms with Crippen LogP contribution in [0.1, 0.15) is 46.5 Å². The monoisotopic (exact) mass is 272 g/mol. The summed E-state index contributed by atoms with van der Waals surface area (Å²) in [5.41, 5.74) is -0.464. The summed E-state index contributed by atoms with van der Waals surface area (Å²) in [5, 5.41) is 12.2. The molecule has 1 saturated carbocycles. The van der Waals surface area contributed by atoms with E-state index < -0.39 is 5.60 Å². The Morgan fingerprint density at radius 2 is 2.00 bits per heavy atom. The van der Waals surface area contributed by atoms with Crippen molar-refractivity contribution < 1.29 is 14.6 Å². The molecule has 0 spiro atoms. The van der Waals surface area contributed by atoms with Crippen LogP contribution in [-0.2, 0) is 4.74 Å². The molecule has 112 valence electrons. The molecule has 0 saturated heterocycles. The van der Waals surface area contributed by atoms with Crippen molar-refractivity contribution in [3.8, 4) is 0 Å². The molecule has 1 rings (SSSR count). The lowest BCUT2D eigenvalue weighted by Gasteiger charge is -2.38. The van der Waals surface area contributed by atoms with E-state index in [0.29, 0.717) is 6.54 Å². The van der Waals surface area contributed by atoms with E-state index in [4.69, 9.17) is 9.84 Å². The molecule has 5 heteroatoms. The molecule has 0 aromatic carbocycles. The molecule has 0 aromatic heterocycles. The predicted octanol–water partition coefficient (Wildman–Crippen LogP) is 1.75. The highest BCUT2D eigenvalue weighted by molar-refractivity contribution is 5.68. The number of nitrogens with zero attached hydrogens (tertiary/aromatic N) is 1. The Hall–Kier alpha value is -0.810. The summed E-state index contributed by atoms with van der Waals surface area (Å²) in [5.74, 6) is 0. The van der Waals surface area contributed by atoms with Crippen molar-refractivity contribution >= 4 is 6.09 Å². The van der Waals surface area contributed by atoms with E-state index in [9.17, 15) is 4.79 Å². The lowest BCUT2D eigenvalue weighted by Crippen LogP contribution is -2.53. The fraction of sp³-hybridized carbons (Fsp3) is 0.929. The standard InChI is InChI=1S/C14H28N2O3/c1-14(2,3)19-13(18)16(4)12-8-6-5-7-11(12)15-9-10-17/h11-12,15,17H,5-10H2,1-4H3/t11-,12-/m1/s1. The summed E-state index contributed by atoms with van der Waals surface area (Å²) < 4.78 is 5.42. The van der Waals surface area contributed by atoms with Crippen LogP contribution in [0.5, 0.6) is 0 Å². The Bertz CT molecular complexity index is 289. The summed E-state index contributed by atoms with van der Waals surface area (Å²) in [6.07, 6.45) is 4.06. The minimum atomic E-state index is -0.464. The van der Waals surface area contributed by atoms with Gasteiger partial charge in [-0.05, 0) is 33.6 Å². The molecule has 0 unspecified atom stereocenters. The Labute approximate surface area is 116 Å². The third-order valence-corrected chi connectivity index (χ3v) is 3.43. The smallest absolute Gasteiger partial charge is 0.410 e. The minimum Gasteiger partial charge on any atom is -0.444 e. The van der Waals surface area contributed by atoms with Gasteiger partial charge in [-0.25, -0.2) is 4.79 Å². The quantitative estimate of drug-likeness (QED) is 0.818. The lowest BCUT2D eigenvalue weighted by molar-refractivity contribution is 0.0147. The van der Waals surface area contributed by atoms with Gasteiger partial charge in [0.2, 0.25) is 0 Å². The second-order valence-electron chi connectivity index (χ2n) is 6.23. The highest BCUT2D eigenvalue weighted by Gasteiger charge is 2.32. The number of likely N-dealkylation sites (N-methyl/N-ethyl adjacent to an activating group) is 1. The zero-order valence-electron chi connectivity index (χ0n) is 12.6. The highest BCUT2D eigenvalue weighted by atomic mass is 16.6. The molecule has 0 heterocycles. The zero-order chi connectivity index (χ0) is 14.5. The number of hydrogen-bond acceptors (Lipinski definition) is 4. The van der Waals surface area contributed by atoms with Crippen molar-refractivity contribution in [2.45, 2.75) is 64.1 Å². The predicted molar refractivity (Wildman–Crippen MR) is 75.1 cm³/mol. The second kappa shape index (κ2) is 7.10. The Kier molecular flexibility index (Phi) is 6.07. The molecule has 1 amide bonds. The molecule has 0 bridgehead atoms. The number of aliphatic hydroxyl groups excluding tert-OH is 1. The van der Waals surface area contributed by atoms with Gasteiger partial charge in [0.15, 0.2) is 0 Å². The van der Waals surface area contributed by atoms with Gasteiger partial charge < -0.3 is 20.1 Å². The van der Waals surface area contributed by atoms with E-state index in [1.165, 1.54) is 6.42 Å². The van der Waals surface area contributed by atoms with Crippen molar-refractivity contribution in [1.82, 2.24) is 10.2 Å². The molecular formula is C14H28N2O3. The van der Waals surface area contributed by atoms with Crippen LogP contribution in [0.4, 0.5) is 4.79 Å². The van der Waals surface area contributed by atoms with Gasteiger partial charge in [-0.2, -0.15) is 0 Å². The molecule has 1 aliphatic rings. The fourth-order valence-corrected chi connectivity index (χ4v) is 2.53. The van der Waals surface area contributed by atoms with Crippen LogP contribution in [0, 0.1) is 0 Å². The van der Waals surface area contributed by atoms with E-state index in [1.807, 2.05) is 20.8 Å². The molecule has 5 nitrogen and oxygen atoms in total. The van der Waals surface area contributed by atoms with Crippen LogP contribution < -0.4 is 5.32 Å². The van der Waals surface area contributed by atoms with Gasteiger partial charge in [0, 0.05) is 19.6 Å². The number of carbonyl (C=O) groups is 1. The van der Waals surface area contributed by atoms with Crippen LogP contribution in [0.3, 0.4) is 0 Å². The van der Waals surface area contributed by atoms with Gasteiger partial charge in [0.1, 0.15) is 5.60 Å². The normalized spacial score (nSPS) is 24.1. The summed E-state index contributed by atoms with van der Waals surface area (Å²) in [7, 11) is 1.80. The van der Waals surface area contributed by atoms with Gasteiger partial charge >= 0.3 is 6.09 Å². The van der Waals surface area contributed by atoms with Crippen LogP contribution in [0.15, 0.2) is 0 Å². The van der Waals surface area contributed by atoms with Crippen LogP contribution >= 0.6 is 0 Å². The van der Waals surface area contributed by atoms with Crippen molar-refractivity contribution in [1.29, 1.82) is 0 Å². The second-order valence-corrected chi connectivity index (χ2v) is 6.23. The van der Waals surface area contributed by atoms with E-state index >= 15 is 0 Å². The number of aliphatic hydroxyl groups is 1. The highest BCUT2D eigenvalue weighted by Crippen LogP contribution is 2.23. The van der Waals surface area contributed by atoms with E-state index in [-0.39, 0.29) is 24.8 Å². The van der Waals surface area contributed by atoms with Gasteiger partial charge in [-0.15, -0.1) is 0 Å². The van der Waals surface area contributed by atoms with Crippen LogP contribution in [0.2, 0.25) is 0 Å². The lowest BCUT2D eigenvalue weighted by atomic mass is 9.89. The molecule has 0 aliphatic heterocycles. The first kappa shape index (κ1) is 16.2. The fourth-order valence-electron chi connectivity index (χ4n) is 2.53. The SMILES string of the molecule is CN(C(=O)OC(C)(C)C)[C@@H]1CCCC[C@H]1NCCO. The third-order valence-electron chi connectivity index (χ3n) is 3.43. The molecule has 0 aromatic rings. The first-order valence-electron chi connectivity index (χ1n) is 7.15. The number of rotatable bonds is 4. The molecule has 2 atom stereocenters. The molecule has 2 N–H and O–H groups in total. The number of amides is 1. The van der Waals surface area contributed by atoms with Crippen molar-refractivity contribution in [2.24, 2.45) is 0 Å². The third kappa shape index (κ3) is 5.37. The maximum absolute atomic E-state index is 12.1. The summed E-state index contributed by atoms with van der Waals surface area (Å²) in [6, 6.07) is 0.397. The summed E-state index contributed by atoms with van der Waals surface area (Å²) in [4.78, 5) is 13.8. The Morgan fingerprint density at radius 3 is 2.58 bits per heavy atom. The summed E-state index contributed by atoms with van der Waals surface area (Å²) >= 11 is 0. The van der Waals surface area contributed by atoms with Crippen LogP contribution in [0.25, 0.3) is 0 Å². The van der Waals surface area contributed by atoms with E-state index in [1.54, 1.807) is 11.9 Å². The molecule has 0 radical (unpaired) electrons. The first-order valence-corrected chi connectivity index (χ1v) is 7.15. The average Bonchev–Trinajstić information content (AvgIpc) is 2.33. The first-order chi connectivity index (χ1) is 8.85. The van der Waals surface area contributed by atoms with E-state index in [2.05, 4.69) is 5.32 Å². The van der Waals surface area contributed by atoms with Crippen molar-refractivity contribution in [3.05, 3.63) is 0 Å². The maximum Gasteiger partial charge on any atom is 0.410 e. The van der Waals surface area contributed by atoms with Gasteiger partial charge in [-0.1, -0.05) is 12.8 Å². The van der Waals surface area contributed by atoms with Gasteiger partial charge in [0.05, 0.1) is 12.6 Å². The van der Waals surface area contributed by atoms with Gasteiger partial charge in [-0.3, -0.25) is 0 Å². The number of ether oxygens (including phenoxy) is 1. The molecular weight excluding hydrogens is 244 g/mol. The Balaban J connectivity index is 2.60. The number of nitrogens with one attached hydrogen (secondary N) is 1. The zero-order valence-corrected chi connectivity index (χ0v) is 12.6. The molecule has 1 fully saturated rings. The van der Waals surface area contributed by atoms with Crippen LogP contribution in [-0.4, -0.2) is 54.0 Å². The molecule has 1 aliphatic carbocycles. The minimum absolute atomic E-state index is 0.124. The van der Waals surface area contributed by atoms with E-state index in [0.717, 1.165) is 19.3 Å². The van der Waals surface area contributed by atoms with Crippen molar-refractivity contribution in [2.75, 3.05) is 20.2 Å². The summed E-state index contributed by atoms with van der Waals surface area (Å²) in [6.45, 7) is 6.33. The van der Waals surface area contributed by atoms with Gasteiger partial charge in [0.25, 0.3) is 0 Å². The maximum atomic E-state index is 12.1. The Morgan fingerprint density at radius 1 is 1.37 bits per heavy atom. The molecule has 19 heavy (non-hydrogen) atoms. The topological polar surface area (TPSA) is 61.8 Å². The number of hydrogen-bond donors (Lipinski definition) is 2. The van der Waals surface area contributed by atoms with Crippen molar-refractivity contribution in [3.63, 3.8) is 0 Å². The average molecular weight is 272 g/mol. The largest absolute Gasteiger partial charge is 0.444 e. The number of carbonyl (C=O) groups excluding carboxylic acids is 1.